The van der Waals surface area contributed by atoms with Crippen LogP contribution in [0.3, 0.4) is 0 Å². The van der Waals surface area contributed by atoms with Gasteiger partial charge in [-0.2, -0.15) is 0 Å². The van der Waals surface area contributed by atoms with Gasteiger partial charge in [0.05, 0.1) is 5.56 Å². The number of imide groups is 1. The second-order valence-electron chi connectivity index (χ2n) is 5.88. The topological polar surface area (TPSA) is 90.5 Å². The maximum atomic E-state index is 14.3. The van der Waals surface area contributed by atoms with E-state index in [1.807, 2.05) is 4.90 Å². The minimum atomic E-state index is -0.817. The smallest absolute Gasteiger partial charge is 0.254 e. The number of amides is 3. The quantitative estimate of drug-likeness (QED) is 0.661. The average molecular weight is 371 g/mol. The van der Waals surface area contributed by atoms with E-state index in [0.717, 1.165) is 31.9 Å². The largest absolute Gasteiger partial charge is 0.369 e. The first-order valence-corrected chi connectivity index (χ1v) is 7.94. The highest BCUT2D eigenvalue weighted by Crippen LogP contribution is 2.19. The summed E-state index contributed by atoms with van der Waals surface area (Å²) in [5, 5.41) is 7.85. The molecule has 1 atom stereocenters. The van der Waals surface area contributed by atoms with Crippen molar-refractivity contribution < 1.29 is 18.8 Å². The highest BCUT2D eigenvalue weighted by atomic mass is 35.5. The van der Waals surface area contributed by atoms with Gasteiger partial charge in [-0.1, -0.05) is 0 Å². The zero-order valence-electron chi connectivity index (χ0n) is 13.5. The van der Waals surface area contributed by atoms with Crippen LogP contribution in [-0.2, 0) is 9.59 Å². The summed E-state index contributed by atoms with van der Waals surface area (Å²) in [6, 6.07) is 3.65. The van der Waals surface area contributed by atoms with Crippen LogP contribution in [0.1, 0.15) is 23.2 Å². The van der Waals surface area contributed by atoms with Gasteiger partial charge in [0, 0.05) is 38.3 Å². The van der Waals surface area contributed by atoms with E-state index in [1.165, 1.54) is 12.1 Å². The van der Waals surface area contributed by atoms with Gasteiger partial charge in [0.1, 0.15) is 11.9 Å². The predicted molar refractivity (Wildman–Crippen MR) is 92.4 cm³/mol. The maximum absolute atomic E-state index is 14.3. The van der Waals surface area contributed by atoms with Gasteiger partial charge in [-0.3, -0.25) is 19.7 Å². The first-order chi connectivity index (χ1) is 11.5. The minimum absolute atomic E-state index is 0. The van der Waals surface area contributed by atoms with Crippen molar-refractivity contribution in [1.82, 2.24) is 16.0 Å². The first-order valence-electron chi connectivity index (χ1n) is 7.94. The summed E-state index contributed by atoms with van der Waals surface area (Å²) in [5.74, 6) is -2.21. The van der Waals surface area contributed by atoms with Crippen LogP contribution in [0.15, 0.2) is 18.2 Å². The third-order valence-electron chi connectivity index (χ3n) is 4.22. The lowest BCUT2D eigenvalue weighted by Crippen LogP contribution is -2.52. The lowest BCUT2D eigenvalue weighted by Gasteiger charge is -2.29. The number of anilines is 1. The van der Waals surface area contributed by atoms with Crippen molar-refractivity contribution in [2.24, 2.45) is 0 Å². The number of benzene rings is 1. The van der Waals surface area contributed by atoms with Crippen molar-refractivity contribution in [2.45, 2.75) is 18.9 Å². The Morgan fingerprint density at radius 2 is 1.96 bits per heavy atom. The molecule has 1 aromatic rings. The molecule has 2 heterocycles. The van der Waals surface area contributed by atoms with Crippen LogP contribution in [0.25, 0.3) is 0 Å². The van der Waals surface area contributed by atoms with Crippen LogP contribution in [0.2, 0.25) is 0 Å². The molecular weight excluding hydrogens is 351 g/mol. The average Bonchev–Trinajstić information content (AvgIpc) is 2.58. The lowest BCUT2D eigenvalue weighted by molar-refractivity contribution is -0.134. The molecule has 2 aliphatic heterocycles. The Morgan fingerprint density at radius 3 is 2.60 bits per heavy atom. The molecule has 0 saturated carbocycles. The van der Waals surface area contributed by atoms with E-state index in [2.05, 4.69) is 16.0 Å². The second-order valence-corrected chi connectivity index (χ2v) is 5.88. The van der Waals surface area contributed by atoms with E-state index in [0.29, 0.717) is 0 Å². The van der Waals surface area contributed by atoms with E-state index >= 15 is 0 Å². The summed E-state index contributed by atoms with van der Waals surface area (Å²) in [7, 11) is 0. The van der Waals surface area contributed by atoms with Gasteiger partial charge >= 0.3 is 0 Å². The number of carbonyl (C=O) groups excluding carboxylic acids is 3. The van der Waals surface area contributed by atoms with Crippen molar-refractivity contribution in [3.8, 4) is 0 Å². The number of rotatable bonds is 3. The molecule has 0 aliphatic carbocycles. The van der Waals surface area contributed by atoms with E-state index in [1.54, 1.807) is 6.07 Å². The molecule has 0 spiro atoms. The summed E-state index contributed by atoms with van der Waals surface area (Å²) in [6.07, 6.45) is 0.373. The summed E-state index contributed by atoms with van der Waals surface area (Å²) in [6.45, 7) is 3.22. The Bertz CT molecular complexity index is 679. The van der Waals surface area contributed by atoms with Gasteiger partial charge in [0.25, 0.3) is 5.91 Å². The SMILES string of the molecule is Cl.O=C1CCC(NC(=O)c2ccc(N3CCNCC3)cc2F)C(=O)N1. The molecule has 7 nitrogen and oxygen atoms in total. The normalized spacial score (nSPS) is 20.5. The summed E-state index contributed by atoms with van der Waals surface area (Å²) in [5.41, 5.74) is 0.616. The fourth-order valence-electron chi connectivity index (χ4n) is 2.88. The molecule has 9 heteroatoms. The summed E-state index contributed by atoms with van der Waals surface area (Å²) < 4.78 is 14.3. The Morgan fingerprint density at radius 1 is 1.24 bits per heavy atom. The summed E-state index contributed by atoms with van der Waals surface area (Å²) >= 11 is 0. The van der Waals surface area contributed by atoms with Gasteiger partial charge in [0.2, 0.25) is 11.8 Å². The van der Waals surface area contributed by atoms with Crippen LogP contribution >= 0.6 is 12.4 Å². The Balaban J connectivity index is 0.00000225. The zero-order chi connectivity index (χ0) is 17.1. The number of piperidine rings is 1. The lowest BCUT2D eigenvalue weighted by atomic mass is 10.1. The number of hydrogen-bond donors (Lipinski definition) is 3. The Kier molecular flexibility index (Phi) is 6.33. The van der Waals surface area contributed by atoms with Crippen LogP contribution in [-0.4, -0.2) is 49.9 Å². The molecule has 0 bridgehead atoms. The third-order valence-corrected chi connectivity index (χ3v) is 4.22. The molecule has 2 saturated heterocycles. The molecule has 2 fully saturated rings. The summed E-state index contributed by atoms with van der Waals surface area (Å²) in [4.78, 5) is 37.0. The van der Waals surface area contributed by atoms with Gasteiger partial charge in [-0.25, -0.2) is 4.39 Å². The van der Waals surface area contributed by atoms with Crippen LogP contribution < -0.4 is 20.9 Å². The fraction of sp³-hybridized carbons (Fsp3) is 0.438. The van der Waals surface area contributed by atoms with Crippen molar-refractivity contribution in [3.63, 3.8) is 0 Å². The van der Waals surface area contributed by atoms with E-state index in [4.69, 9.17) is 0 Å². The predicted octanol–water partition coefficient (Wildman–Crippen LogP) is 0.192. The first kappa shape index (κ1) is 19.1. The van der Waals surface area contributed by atoms with E-state index in [-0.39, 0.29) is 36.7 Å². The molecule has 1 aromatic carbocycles. The van der Waals surface area contributed by atoms with Gasteiger partial charge in [-0.15, -0.1) is 12.4 Å². The van der Waals surface area contributed by atoms with E-state index in [9.17, 15) is 18.8 Å². The second kappa shape index (κ2) is 8.26. The molecule has 0 aromatic heterocycles. The van der Waals surface area contributed by atoms with Crippen LogP contribution in [0.5, 0.6) is 0 Å². The number of piperazine rings is 1. The highest BCUT2D eigenvalue weighted by molar-refractivity contribution is 6.03. The minimum Gasteiger partial charge on any atom is -0.369 e. The molecule has 25 heavy (non-hydrogen) atoms. The molecule has 0 radical (unpaired) electrons. The highest BCUT2D eigenvalue weighted by Gasteiger charge is 2.28. The Hall–Kier alpha value is -2.19. The number of halogens is 2. The van der Waals surface area contributed by atoms with Crippen molar-refractivity contribution in [2.75, 3.05) is 31.1 Å². The van der Waals surface area contributed by atoms with Gasteiger partial charge in [0.15, 0.2) is 0 Å². The third kappa shape index (κ3) is 4.46. The molecular formula is C16H20ClFN4O3. The van der Waals surface area contributed by atoms with Gasteiger partial charge < -0.3 is 15.5 Å². The number of hydrogen-bond acceptors (Lipinski definition) is 5. The molecule has 3 N–H and O–H groups in total. The maximum Gasteiger partial charge on any atom is 0.254 e. The standard InChI is InChI=1S/C16H19FN4O3.ClH/c17-12-9-10(21-7-5-18-6-8-21)1-2-11(12)15(23)19-13-3-4-14(22)20-16(13)24;/h1-2,9,13,18H,3-8H2,(H,19,23)(H,20,22,24);1H. The molecule has 136 valence electrons. The van der Waals surface area contributed by atoms with Crippen LogP contribution in [0.4, 0.5) is 10.1 Å². The molecule has 1 unspecified atom stereocenters. The van der Waals surface area contributed by atoms with Gasteiger partial charge in [-0.05, 0) is 24.6 Å². The number of carbonyl (C=O) groups is 3. The zero-order valence-corrected chi connectivity index (χ0v) is 14.3. The van der Waals surface area contributed by atoms with Crippen molar-refractivity contribution in [1.29, 1.82) is 0 Å². The molecule has 3 rings (SSSR count). The number of nitrogens with one attached hydrogen (secondary N) is 3. The van der Waals surface area contributed by atoms with Crippen molar-refractivity contribution >= 4 is 35.8 Å². The number of nitrogens with zero attached hydrogens (tertiary/aromatic N) is 1. The molecule has 2 aliphatic rings. The fourth-order valence-corrected chi connectivity index (χ4v) is 2.88. The monoisotopic (exact) mass is 370 g/mol. The Labute approximate surface area is 150 Å². The van der Waals surface area contributed by atoms with Crippen molar-refractivity contribution in [3.05, 3.63) is 29.6 Å². The van der Waals surface area contributed by atoms with E-state index < -0.39 is 23.7 Å². The molecule has 3 amide bonds. The van der Waals surface area contributed by atoms with Crippen LogP contribution in [0, 0.1) is 5.82 Å².